The van der Waals surface area contributed by atoms with Gasteiger partial charge in [0.2, 0.25) is 0 Å². The summed E-state index contributed by atoms with van der Waals surface area (Å²) in [6.45, 7) is 12.6. The Morgan fingerprint density at radius 2 is 1.69 bits per heavy atom. The van der Waals surface area contributed by atoms with E-state index in [1.54, 1.807) is 0 Å². The molecule has 0 bridgehead atoms. The number of rotatable bonds is 6. The van der Waals surface area contributed by atoms with E-state index in [2.05, 4.69) is 37.7 Å². The van der Waals surface area contributed by atoms with Gasteiger partial charge in [0.15, 0.2) is 0 Å². The summed E-state index contributed by atoms with van der Waals surface area (Å²) in [5.41, 5.74) is 7.79. The van der Waals surface area contributed by atoms with E-state index >= 15 is 0 Å². The van der Waals surface area contributed by atoms with Gasteiger partial charge in [-0.05, 0) is 28.7 Å². The summed E-state index contributed by atoms with van der Waals surface area (Å²) in [6, 6.07) is 0. The Kier molecular flexibility index (Phi) is 5.30. The monoisotopic (exact) mass is 227 g/mol. The molecular weight excluding hydrogens is 202 g/mol. The van der Waals surface area contributed by atoms with Crippen LogP contribution >= 0.6 is 0 Å². The quantitative estimate of drug-likeness (QED) is 0.419. The minimum absolute atomic E-state index is 0.164. The Labute approximate surface area is 98.7 Å². The van der Waals surface area contributed by atoms with Crippen molar-refractivity contribution >= 4 is 0 Å². The van der Waals surface area contributed by atoms with Crippen LogP contribution in [0, 0.1) is 16.7 Å². The third kappa shape index (κ3) is 4.42. The molecular formula is C12H25N3O. The number of nitrogens with zero attached hydrogens (tertiary/aromatic N) is 3. The van der Waals surface area contributed by atoms with Gasteiger partial charge in [-0.2, -0.15) is 0 Å². The van der Waals surface area contributed by atoms with E-state index in [1.165, 1.54) is 0 Å². The van der Waals surface area contributed by atoms with Crippen molar-refractivity contribution in [3.63, 3.8) is 0 Å². The zero-order valence-electron chi connectivity index (χ0n) is 11.4. The van der Waals surface area contributed by atoms with E-state index in [0.717, 1.165) is 6.42 Å². The maximum atomic E-state index is 10.4. The van der Waals surface area contributed by atoms with Crippen LogP contribution in [0.15, 0.2) is 5.11 Å². The van der Waals surface area contributed by atoms with Gasteiger partial charge >= 0.3 is 0 Å². The second-order valence-corrected chi connectivity index (χ2v) is 6.37. The molecule has 0 aromatic heterocycles. The van der Waals surface area contributed by atoms with Crippen LogP contribution < -0.4 is 0 Å². The van der Waals surface area contributed by atoms with Gasteiger partial charge in [0.05, 0.1) is 6.10 Å². The first-order valence-electron chi connectivity index (χ1n) is 5.82. The Morgan fingerprint density at radius 3 is 2.06 bits per heavy atom. The number of hydrogen-bond acceptors (Lipinski definition) is 2. The summed E-state index contributed by atoms with van der Waals surface area (Å²) >= 11 is 0. The van der Waals surface area contributed by atoms with E-state index in [9.17, 15) is 5.11 Å². The number of aliphatic hydroxyl groups excluding tert-OH is 1. The van der Waals surface area contributed by atoms with Gasteiger partial charge in [-0.15, -0.1) is 0 Å². The van der Waals surface area contributed by atoms with E-state index in [-0.39, 0.29) is 10.8 Å². The molecule has 1 atom stereocenters. The van der Waals surface area contributed by atoms with Crippen molar-refractivity contribution in [2.75, 3.05) is 6.54 Å². The maximum Gasteiger partial charge on any atom is 0.0643 e. The average molecular weight is 227 g/mol. The van der Waals surface area contributed by atoms with Gasteiger partial charge in [-0.3, -0.25) is 0 Å². The number of azide groups is 1. The second kappa shape index (κ2) is 5.55. The van der Waals surface area contributed by atoms with Crippen molar-refractivity contribution in [3.05, 3.63) is 10.4 Å². The van der Waals surface area contributed by atoms with Crippen LogP contribution in [0.3, 0.4) is 0 Å². The third-order valence-corrected chi connectivity index (χ3v) is 2.96. The lowest BCUT2D eigenvalue weighted by atomic mass is 9.68. The molecule has 0 heterocycles. The van der Waals surface area contributed by atoms with Crippen molar-refractivity contribution in [2.24, 2.45) is 21.9 Å². The minimum atomic E-state index is -0.479. The lowest BCUT2D eigenvalue weighted by Gasteiger charge is -2.41. The Hall–Kier alpha value is -0.730. The van der Waals surface area contributed by atoms with E-state index in [0.29, 0.717) is 12.5 Å². The van der Waals surface area contributed by atoms with E-state index < -0.39 is 6.10 Å². The van der Waals surface area contributed by atoms with Gasteiger partial charge in [0, 0.05) is 11.5 Å². The largest absolute Gasteiger partial charge is 0.392 e. The van der Waals surface area contributed by atoms with E-state index in [1.807, 2.05) is 13.8 Å². The van der Waals surface area contributed by atoms with Gasteiger partial charge in [-0.1, -0.05) is 46.7 Å². The van der Waals surface area contributed by atoms with Crippen molar-refractivity contribution in [3.8, 4) is 0 Å². The lowest BCUT2D eigenvalue weighted by molar-refractivity contribution is -0.0457. The average Bonchev–Trinajstić information content (AvgIpc) is 2.11. The highest BCUT2D eigenvalue weighted by atomic mass is 16.3. The molecule has 0 fully saturated rings. The van der Waals surface area contributed by atoms with Crippen LogP contribution in [0.1, 0.15) is 48.0 Å². The van der Waals surface area contributed by atoms with Gasteiger partial charge in [0.1, 0.15) is 0 Å². The predicted molar refractivity (Wildman–Crippen MR) is 67.0 cm³/mol. The fourth-order valence-electron chi connectivity index (χ4n) is 2.52. The molecule has 4 heteroatoms. The topological polar surface area (TPSA) is 69.0 Å². The second-order valence-electron chi connectivity index (χ2n) is 6.37. The third-order valence-electron chi connectivity index (χ3n) is 2.96. The Balaban J connectivity index is 4.73. The first-order valence-corrected chi connectivity index (χ1v) is 5.82. The van der Waals surface area contributed by atoms with Gasteiger partial charge < -0.3 is 5.11 Å². The molecule has 1 N–H and O–H groups in total. The summed E-state index contributed by atoms with van der Waals surface area (Å²) < 4.78 is 0. The molecule has 0 aromatic rings. The summed E-state index contributed by atoms with van der Waals surface area (Å²) in [4.78, 5) is 2.76. The number of aliphatic hydroxyl groups is 1. The summed E-state index contributed by atoms with van der Waals surface area (Å²) in [7, 11) is 0. The highest BCUT2D eigenvalue weighted by Crippen LogP contribution is 2.38. The minimum Gasteiger partial charge on any atom is -0.392 e. The van der Waals surface area contributed by atoms with Crippen molar-refractivity contribution in [1.29, 1.82) is 0 Å². The van der Waals surface area contributed by atoms with Gasteiger partial charge in [-0.25, -0.2) is 0 Å². The Morgan fingerprint density at radius 1 is 1.19 bits per heavy atom. The highest BCUT2D eigenvalue weighted by Gasteiger charge is 2.39. The van der Waals surface area contributed by atoms with E-state index in [4.69, 9.17) is 5.53 Å². The molecule has 94 valence electrons. The predicted octanol–water partition coefficient (Wildman–Crippen LogP) is 3.76. The molecule has 4 nitrogen and oxygen atoms in total. The van der Waals surface area contributed by atoms with Crippen molar-refractivity contribution in [1.82, 2.24) is 0 Å². The van der Waals surface area contributed by atoms with Crippen LogP contribution in [0.4, 0.5) is 0 Å². The Bertz CT molecular complexity index is 265. The van der Waals surface area contributed by atoms with Gasteiger partial charge in [0.25, 0.3) is 0 Å². The summed E-state index contributed by atoms with van der Waals surface area (Å²) in [6.07, 6.45) is 0.473. The summed E-state index contributed by atoms with van der Waals surface area (Å²) in [5, 5.41) is 14.0. The molecule has 0 radical (unpaired) electrons. The molecule has 0 saturated heterocycles. The number of hydrogen-bond donors (Lipinski definition) is 1. The summed E-state index contributed by atoms with van der Waals surface area (Å²) in [5.74, 6) is 0.542. The molecule has 0 aliphatic heterocycles. The molecule has 0 saturated carbocycles. The van der Waals surface area contributed by atoms with Crippen LogP contribution in [-0.4, -0.2) is 17.8 Å². The zero-order chi connectivity index (χ0) is 13.0. The first-order chi connectivity index (χ1) is 7.13. The van der Waals surface area contributed by atoms with Crippen LogP contribution in [-0.2, 0) is 0 Å². The van der Waals surface area contributed by atoms with Crippen LogP contribution in [0.2, 0.25) is 0 Å². The fourth-order valence-corrected chi connectivity index (χ4v) is 2.52. The van der Waals surface area contributed by atoms with Crippen LogP contribution in [0.5, 0.6) is 0 Å². The van der Waals surface area contributed by atoms with Crippen molar-refractivity contribution in [2.45, 2.75) is 54.1 Å². The molecule has 0 amide bonds. The molecule has 0 aromatic carbocycles. The zero-order valence-corrected chi connectivity index (χ0v) is 11.4. The standard InChI is InChI=1S/C12H25N3O/c1-9(2)7-11(3,4)10(16)12(5,6)8-14-15-13/h9-10,16H,7-8H2,1-6H3. The lowest BCUT2D eigenvalue weighted by Crippen LogP contribution is -2.43. The first kappa shape index (κ1) is 15.3. The molecule has 16 heavy (non-hydrogen) atoms. The smallest absolute Gasteiger partial charge is 0.0643 e. The molecule has 0 aliphatic rings. The molecule has 1 unspecified atom stereocenters. The van der Waals surface area contributed by atoms with Crippen LogP contribution in [0.25, 0.3) is 10.4 Å². The molecule has 0 rings (SSSR count). The normalized spacial score (nSPS) is 14.8. The molecule has 0 spiro atoms. The molecule has 0 aliphatic carbocycles. The SMILES string of the molecule is CC(C)CC(C)(C)C(O)C(C)(C)CN=[N+]=[N-]. The maximum absolute atomic E-state index is 10.4. The van der Waals surface area contributed by atoms with Crippen molar-refractivity contribution < 1.29 is 5.11 Å². The highest BCUT2D eigenvalue weighted by molar-refractivity contribution is 4.90. The fraction of sp³-hybridized carbons (Fsp3) is 1.00.